The van der Waals surface area contributed by atoms with Gasteiger partial charge in [-0.05, 0) is 45.9 Å². The van der Waals surface area contributed by atoms with Crippen LogP contribution in [0.25, 0.3) is 11.1 Å². The van der Waals surface area contributed by atoms with Crippen LogP contribution < -0.4 is 10.1 Å². The number of rotatable bonds is 9. The van der Waals surface area contributed by atoms with Crippen molar-refractivity contribution in [2.45, 2.75) is 58.0 Å². The van der Waals surface area contributed by atoms with Crippen LogP contribution in [0.4, 0.5) is 4.79 Å². The van der Waals surface area contributed by atoms with Crippen LogP contribution in [-0.4, -0.2) is 49.3 Å². The number of aliphatic carboxylic acids is 1. The summed E-state index contributed by atoms with van der Waals surface area (Å²) in [6.45, 7) is 8.10. The largest absolute Gasteiger partial charge is 0.497 e. The quantitative estimate of drug-likeness (QED) is 0.299. The van der Waals surface area contributed by atoms with Crippen LogP contribution in [0.15, 0.2) is 72.8 Å². The standard InChI is InChI=1S/C34H39NO7/c1-21(2)29(35-32(38)40-19-28-26-12-8-6-10-24(26)25-11-7-9-13-27(25)28)18-34(31(36)37)41-20-33(3,4)30(42-34)22-14-16-23(39-5)17-15-22/h6-17,21,28-30H,18-20H2,1-5H3,(H,35,38)(H,36,37)/t29-,30?,34?/m0/s1. The van der Waals surface area contributed by atoms with Gasteiger partial charge in [-0.1, -0.05) is 88.4 Å². The van der Waals surface area contributed by atoms with Gasteiger partial charge in [0.05, 0.1) is 19.8 Å². The van der Waals surface area contributed by atoms with Gasteiger partial charge in [-0.25, -0.2) is 9.59 Å². The van der Waals surface area contributed by atoms with E-state index < -0.39 is 35.4 Å². The minimum atomic E-state index is -1.95. The Hall–Kier alpha value is -3.88. The molecule has 42 heavy (non-hydrogen) atoms. The Labute approximate surface area is 246 Å². The molecule has 0 radical (unpaired) electrons. The highest BCUT2D eigenvalue weighted by Gasteiger charge is 2.53. The molecule has 0 spiro atoms. The molecule has 1 amide bonds. The Morgan fingerprint density at radius 3 is 2.12 bits per heavy atom. The molecule has 1 saturated heterocycles. The molecule has 0 saturated carbocycles. The van der Waals surface area contributed by atoms with Gasteiger partial charge in [0.1, 0.15) is 12.4 Å². The SMILES string of the molecule is COc1ccc(C2OC(C[C@H](NC(=O)OCC3c4ccccc4-c4ccccc43)C(C)C)(C(=O)O)OCC2(C)C)cc1. The van der Waals surface area contributed by atoms with E-state index in [2.05, 4.69) is 29.6 Å². The Balaban J connectivity index is 1.30. The van der Waals surface area contributed by atoms with Crippen LogP contribution in [0.3, 0.4) is 0 Å². The molecule has 1 fully saturated rings. The number of amides is 1. The van der Waals surface area contributed by atoms with Crippen LogP contribution in [0.5, 0.6) is 5.75 Å². The Morgan fingerprint density at radius 1 is 0.976 bits per heavy atom. The maximum atomic E-state index is 13.1. The van der Waals surface area contributed by atoms with Crippen LogP contribution in [0.2, 0.25) is 0 Å². The topological polar surface area (TPSA) is 103 Å². The van der Waals surface area contributed by atoms with Gasteiger partial charge in [-0.3, -0.25) is 0 Å². The molecule has 1 heterocycles. The number of benzene rings is 3. The minimum Gasteiger partial charge on any atom is -0.497 e. The lowest BCUT2D eigenvalue weighted by atomic mass is 9.81. The smallest absolute Gasteiger partial charge is 0.407 e. The van der Waals surface area contributed by atoms with Crippen molar-refractivity contribution in [3.8, 4) is 16.9 Å². The lowest BCUT2D eigenvalue weighted by Gasteiger charge is -2.47. The molecule has 2 N–H and O–H groups in total. The van der Waals surface area contributed by atoms with Gasteiger partial charge < -0.3 is 29.4 Å². The van der Waals surface area contributed by atoms with E-state index in [1.54, 1.807) is 7.11 Å². The summed E-state index contributed by atoms with van der Waals surface area (Å²) in [5, 5.41) is 13.3. The highest BCUT2D eigenvalue weighted by molar-refractivity contribution is 5.79. The molecule has 1 aliphatic heterocycles. The monoisotopic (exact) mass is 573 g/mol. The number of hydrogen-bond acceptors (Lipinski definition) is 6. The molecular formula is C34H39NO7. The van der Waals surface area contributed by atoms with Crippen molar-refractivity contribution in [3.05, 3.63) is 89.5 Å². The average molecular weight is 574 g/mol. The van der Waals surface area contributed by atoms with Crippen LogP contribution >= 0.6 is 0 Å². The van der Waals surface area contributed by atoms with Gasteiger partial charge >= 0.3 is 12.1 Å². The fourth-order valence-corrected chi connectivity index (χ4v) is 5.90. The molecule has 1 aliphatic carbocycles. The first kappa shape index (κ1) is 29.6. The summed E-state index contributed by atoms with van der Waals surface area (Å²) in [7, 11) is 1.59. The first-order chi connectivity index (χ1) is 20.0. The Morgan fingerprint density at radius 2 is 1.57 bits per heavy atom. The molecule has 0 bridgehead atoms. The fourth-order valence-electron chi connectivity index (χ4n) is 5.90. The van der Waals surface area contributed by atoms with Crippen LogP contribution in [-0.2, 0) is 19.0 Å². The van der Waals surface area contributed by atoms with Crippen molar-refractivity contribution in [1.29, 1.82) is 0 Å². The third kappa shape index (κ3) is 5.74. The van der Waals surface area contributed by atoms with Gasteiger partial charge in [0, 0.05) is 23.8 Å². The highest BCUT2D eigenvalue weighted by Crippen LogP contribution is 2.47. The second kappa shape index (κ2) is 11.8. The molecule has 3 aromatic rings. The molecule has 3 aromatic carbocycles. The number of methoxy groups -OCH3 is 1. The molecule has 2 unspecified atom stereocenters. The number of hydrogen-bond donors (Lipinski definition) is 2. The van der Waals surface area contributed by atoms with Gasteiger partial charge in [0.2, 0.25) is 0 Å². The van der Waals surface area contributed by atoms with E-state index in [9.17, 15) is 14.7 Å². The lowest BCUT2D eigenvalue weighted by molar-refractivity contribution is -0.326. The van der Waals surface area contributed by atoms with E-state index in [4.69, 9.17) is 18.9 Å². The number of ether oxygens (including phenoxy) is 4. The molecule has 222 valence electrons. The summed E-state index contributed by atoms with van der Waals surface area (Å²) in [5.74, 6) is -2.70. The Bertz CT molecular complexity index is 1390. The molecule has 5 rings (SSSR count). The van der Waals surface area contributed by atoms with Gasteiger partial charge in [0.15, 0.2) is 0 Å². The zero-order valence-electron chi connectivity index (χ0n) is 24.8. The molecule has 3 atom stereocenters. The maximum Gasteiger partial charge on any atom is 0.407 e. The number of carbonyl (C=O) groups excluding carboxylic acids is 1. The van der Waals surface area contributed by atoms with E-state index in [-0.39, 0.29) is 31.5 Å². The summed E-state index contributed by atoms with van der Waals surface area (Å²) in [6.07, 6.45) is -1.26. The third-order valence-electron chi connectivity index (χ3n) is 8.38. The van der Waals surface area contributed by atoms with Crippen molar-refractivity contribution in [2.75, 3.05) is 20.3 Å². The summed E-state index contributed by atoms with van der Waals surface area (Å²) < 4.78 is 23.4. The number of nitrogens with one attached hydrogen (secondary N) is 1. The van der Waals surface area contributed by atoms with E-state index in [1.165, 1.54) is 0 Å². The predicted octanol–water partition coefficient (Wildman–Crippen LogP) is 6.54. The zero-order valence-corrected chi connectivity index (χ0v) is 24.8. The lowest BCUT2D eigenvalue weighted by Crippen LogP contribution is -2.57. The predicted molar refractivity (Wildman–Crippen MR) is 158 cm³/mol. The summed E-state index contributed by atoms with van der Waals surface area (Å²) in [4.78, 5) is 25.9. The Kier molecular flexibility index (Phi) is 8.30. The number of carboxylic acids is 1. The normalized spacial score (nSPS) is 21.7. The van der Waals surface area contributed by atoms with Crippen molar-refractivity contribution in [2.24, 2.45) is 11.3 Å². The number of alkyl carbamates (subject to hydrolysis) is 1. The molecule has 8 heteroatoms. The molecule has 0 aromatic heterocycles. The third-order valence-corrected chi connectivity index (χ3v) is 8.38. The second-order valence-electron chi connectivity index (χ2n) is 12.1. The second-order valence-corrected chi connectivity index (χ2v) is 12.1. The van der Waals surface area contributed by atoms with Gasteiger partial charge in [0.25, 0.3) is 5.79 Å². The number of carbonyl (C=O) groups is 2. The van der Waals surface area contributed by atoms with Crippen molar-refractivity contribution in [1.82, 2.24) is 5.32 Å². The first-order valence-corrected chi connectivity index (χ1v) is 14.4. The fraction of sp³-hybridized carbons (Fsp3) is 0.412. The van der Waals surface area contributed by atoms with Crippen LogP contribution in [0, 0.1) is 11.3 Å². The van der Waals surface area contributed by atoms with Gasteiger partial charge in [-0.2, -0.15) is 0 Å². The average Bonchev–Trinajstić information content (AvgIpc) is 3.30. The zero-order chi connectivity index (χ0) is 30.1. The van der Waals surface area contributed by atoms with Gasteiger partial charge in [-0.15, -0.1) is 0 Å². The number of carboxylic acid groups (broad SMARTS) is 1. The van der Waals surface area contributed by atoms with Crippen molar-refractivity contribution in [3.63, 3.8) is 0 Å². The van der Waals surface area contributed by atoms with Crippen molar-refractivity contribution < 1.29 is 33.6 Å². The summed E-state index contributed by atoms with van der Waals surface area (Å²) in [5.41, 5.74) is 4.85. The highest BCUT2D eigenvalue weighted by atomic mass is 16.7. The first-order valence-electron chi connectivity index (χ1n) is 14.4. The van der Waals surface area contributed by atoms with E-state index in [0.717, 1.165) is 27.8 Å². The minimum absolute atomic E-state index is 0.0801. The molecule has 2 aliphatic rings. The van der Waals surface area contributed by atoms with E-state index in [1.807, 2.05) is 76.2 Å². The van der Waals surface area contributed by atoms with Crippen LogP contribution in [0.1, 0.15) is 62.8 Å². The van der Waals surface area contributed by atoms with E-state index >= 15 is 0 Å². The van der Waals surface area contributed by atoms with E-state index in [0.29, 0.717) is 5.75 Å². The summed E-state index contributed by atoms with van der Waals surface area (Å²) in [6, 6.07) is 23.1. The molecular weight excluding hydrogens is 534 g/mol. The maximum absolute atomic E-state index is 13.1. The summed E-state index contributed by atoms with van der Waals surface area (Å²) >= 11 is 0. The number of fused-ring (bicyclic) bond motifs is 3. The molecule has 8 nitrogen and oxygen atoms in total. The van der Waals surface area contributed by atoms with Crippen molar-refractivity contribution >= 4 is 12.1 Å².